The highest BCUT2D eigenvalue weighted by Gasteiger charge is 2.11. The van der Waals surface area contributed by atoms with E-state index in [-0.39, 0.29) is 5.56 Å². The Morgan fingerprint density at radius 1 is 1.16 bits per heavy atom. The minimum absolute atomic E-state index is 0.309. The molecule has 0 bridgehead atoms. The van der Waals surface area contributed by atoms with Gasteiger partial charge < -0.3 is 5.73 Å². The normalized spacial score (nSPS) is 10.5. The first-order valence-corrected chi connectivity index (χ1v) is 6.30. The minimum Gasteiger partial charge on any atom is -0.374 e. The molecule has 7 heteroatoms. The second-order valence-corrected chi connectivity index (χ2v) is 4.82. The van der Waals surface area contributed by atoms with Crippen molar-refractivity contribution in [3.63, 3.8) is 0 Å². The van der Waals surface area contributed by atoms with Gasteiger partial charge in [-0.15, -0.1) is 10.2 Å². The number of H-pyrrole nitrogens is 1. The zero-order chi connectivity index (χ0) is 13.2. The van der Waals surface area contributed by atoms with Crippen LogP contribution in [0.1, 0.15) is 0 Å². The van der Waals surface area contributed by atoms with Crippen LogP contribution < -0.4 is 11.3 Å². The lowest BCUT2D eigenvalue weighted by Crippen LogP contribution is -2.11. The average Bonchev–Trinajstić information content (AvgIpc) is 2.87. The van der Waals surface area contributed by atoms with Gasteiger partial charge >= 0.3 is 0 Å². The Bertz CT molecular complexity index is 765. The number of benzene rings is 1. The van der Waals surface area contributed by atoms with E-state index in [9.17, 15) is 4.79 Å². The van der Waals surface area contributed by atoms with Crippen molar-refractivity contribution < 1.29 is 0 Å². The Kier molecular flexibility index (Phi) is 2.81. The molecule has 0 radical (unpaired) electrons. The van der Waals surface area contributed by atoms with Gasteiger partial charge in [-0.2, -0.15) is 5.10 Å². The van der Waals surface area contributed by atoms with Crippen molar-refractivity contribution in [2.75, 3.05) is 5.73 Å². The molecule has 1 aromatic carbocycles. The Hall–Kier alpha value is -2.54. The number of hydrogen-bond acceptors (Lipinski definition) is 6. The second kappa shape index (κ2) is 4.62. The fourth-order valence-electron chi connectivity index (χ4n) is 1.66. The highest BCUT2D eigenvalue weighted by Crippen LogP contribution is 2.24. The topological polar surface area (TPSA) is 97.5 Å². The number of rotatable bonds is 2. The van der Waals surface area contributed by atoms with Gasteiger partial charge in [-0.3, -0.25) is 4.79 Å². The van der Waals surface area contributed by atoms with Crippen molar-refractivity contribution in [3.05, 3.63) is 46.8 Å². The van der Waals surface area contributed by atoms with E-state index in [1.165, 1.54) is 11.3 Å². The van der Waals surface area contributed by atoms with Gasteiger partial charge in [0, 0.05) is 5.56 Å². The maximum absolute atomic E-state index is 11.8. The Morgan fingerprint density at radius 2 is 1.95 bits per heavy atom. The molecule has 3 rings (SSSR count). The van der Waals surface area contributed by atoms with Crippen molar-refractivity contribution in [2.24, 2.45) is 0 Å². The van der Waals surface area contributed by atoms with Crippen molar-refractivity contribution >= 4 is 16.5 Å². The van der Waals surface area contributed by atoms with E-state index in [0.717, 1.165) is 5.56 Å². The van der Waals surface area contributed by atoms with Gasteiger partial charge in [0.15, 0.2) is 5.01 Å². The summed E-state index contributed by atoms with van der Waals surface area (Å²) in [5.41, 5.74) is 7.23. The van der Waals surface area contributed by atoms with Crippen LogP contribution in [-0.2, 0) is 0 Å². The van der Waals surface area contributed by atoms with E-state index in [1.54, 1.807) is 6.07 Å². The van der Waals surface area contributed by atoms with Crippen LogP contribution in [0, 0.1) is 0 Å². The molecule has 0 atom stereocenters. The monoisotopic (exact) mass is 271 g/mol. The van der Waals surface area contributed by atoms with Gasteiger partial charge in [0.25, 0.3) is 5.56 Å². The van der Waals surface area contributed by atoms with Gasteiger partial charge in [-0.1, -0.05) is 41.7 Å². The molecule has 0 fully saturated rings. The van der Waals surface area contributed by atoms with Gasteiger partial charge in [0.1, 0.15) is 0 Å². The number of aromatic amines is 1. The van der Waals surface area contributed by atoms with Crippen LogP contribution in [0.5, 0.6) is 0 Å². The first kappa shape index (κ1) is 11.5. The van der Waals surface area contributed by atoms with Gasteiger partial charge in [0.2, 0.25) is 5.13 Å². The van der Waals surface area contributed by atoms with Crippen molar-refractivity contribution in [2.45, 2.75) is 0 Å². The quantitative estimate of drug-likeness (QED) is 0.736. The van der Waals surface area contributed by atoms with Crippen LogP contribution in [0.2, 0.25) is 0 Å². The number of nitrogen functional groups attached to an aromatic ring is 1. The molecule has 0 amide bonds. The van der Waals surface area contributed by atoms with E-state index in [2.05, 4.69) is 20.4 Å². The van der Waals surface area contributed by atoms with Crippen LogP contribution in [0.3, 0.4) is 0 Å². The zero-order valence-corrected chi connectivity index (χ0v) is 10.5. The third-order valence-electron chi connectivity index (χ3n) is 2.54. The molecule has 0 saturated heterocycles. The fourth-order valence-corrected chi connectivity index (χ4v) is 2.29. The number of nitrogens with zero attached hydrogens (tertiary/aromatic N) is 3. The maximum atomic E-state index is 11.8. The van der Waals surface area contributed by atoms with E-state index in [0.29, 0.717) is 21.4 Å². The van der Waals surface area contributed by atoms with Crippen LogP contribution in [0.25, 0.3) is 21.8 Å². The predicted molar refractivity (Wildman–Crippen MR) is 73.6 cm³/mol. The largest absolute Gasteiger partial charge is 0.374 e. The molecule has 0 aliphatic rings. The third kappa shape index (κ3) is 2.23. The molecule has 0 saturated carbocycles. The lowest BCUT2D eigenvalue weighted by atomic mass is 10.1. The molecule has 0 unspecified atom stereocenters. The summed E-state index contributed by atoms with van der Waals surface area (Å²) in [5, 5.41) is 14.9. The number of hydrogen-bond donors (Lipinski definition) is 2. The first-order valence-electron chi connectivity index (χ1n) is 5.48. The number of anilines is 1. The summed E-state index contributed by atoms with van der Waals surface area (Å²) in [4.78, 5) is 11.8. The first-order chi connectivity index (χ1) is 9.24. The Morgan fingerprint density at radius 3 is 2.63 bits per heavy atom. The van der Waals surface area contributed by atoms with E-state index >= 15 is 0 Å². The van der Waals surface area contributed by atoms with Crippen LogP contribution in [0.4, 0.5) is 5.13 Å². The summed E-state index contributed by atoms with van der Waals surface area (Å²) >= 11 is 1.17. The lowest BCUT2D eigenvalue weighted by Gasteiger charge is -2.01. The third-order valence-corrected chi connectivity index (χ3v) is 3.33. The fraction of sp³-hybridized carbons (Fsp3) is 0. The number of nitrogens with two attached hydrogens (primary N) is 1. The Labute approximate surface area is 112 Å². The summed E-state index contributed by atoms with van der Waals surface area (Å²) in [6.07, 6.45) is 0. The molecule has 6 nitrogen and oxygen atoms in total. The van der Waals surface area contributed by atoms with E-state index < -0.39 is 0 Å². The maximum Gasteiger partial charge on any atom is 0.274 e. The van der Waals surface area contributed by atoms with Gasteiger partial charge in [0.05, 0.1) is 11.3 Å². The van der Waals surface area contributed by atoms with E-state index in [4.69, 9.17) is 5.73 Å². The second-order valence-electron chi connectivity index (χ2n) is 3.81. The lowest BCUT2D eigenvalue weighted by molar-refractivity contribution is 0.993. The molecule has 0 aliphatic heterocycles. The molecule has 0 spiro atoms. The summed E-state index contributed by atoms with van der Waals surface area (Å²) in [5.74, 6) is 0. The molecule has 2 heterocycles. The molecule has 0 aliphatic carbocycles. The average molecular weight is 271 g/mol. The summed E-state index contributed by atoms with van der Waals surface area (Å²) in [6.45, 7) is 0. The molecule has 19 heavy (non-hydrogen) atoms. The van der Waals surface area contributed by atoms with E-state index in [1.807, 2.05) is 30.3 Å². The summed E-state index contributed by atoms with van der Waals surface area (Å²) in [6, 6.07) is 11.3. The predicted octanol–water partition coefficient (Wildman–Crippen LogP) is 1.54. The van der Waals surface area contributed by atoms with Crippen LogP contribution in [-0.4, -0.2) is 20.4 Å². The summed E-state index contributed by atoms with van der Waals surface area (Å²) < 4.78 is 0. The number of aromatic nitrogens is 4. The van der Waals surface area contributed by atoms with Crippen molar-refractivity contribution in [1.29, 1.82) is 0 Å². The van der Waals surface area contributed by atoms with Crippen molar-refractivity contribution in [1.82, 2.24) is 20.4 Å². The molecule has 3 N–H and O–H groups in total. The molecular formula is C12H9N5OS. The van der Waals surface area contributed by atoms with Crippen LogP contribution >= 0.6 is 11.3 Å². The molecule has 94 valence electrons. The van der Waals surface area contributed by atoms with Gasteiger partial charge in [-0.25, -0.2) is 5.10 Å². The Balaban J connectivity index is 2.14. The minimum atomic E-state index is -0.309. The van der Waals surface area contributed by atoms with Gasteiger partial charge in [-0.05, 0) is 6.07 Å². The van der Waals surface area contributed by atoms with Crippen LogP contribution in [0.15, 0.2) is 41.2 Å². The SMILES string of the molecule is Nc1nnc(-c2cc(-c3ccccc3)n[nH]c2=O)s1. The smallest absolute Gasteiger partial charge is 0.274 e. The zero-order valence-electron chi connectivity index (χ0n) is 9.70. The highest BCUT2D eigenvalue weighted by atomic mass is 32.1. The molecular weight excluding hydrogens is 262 g/mol. The number of nitrogens with one attached hydrogen (secondary N) is 1. The summed E-state index contributed by atoms with van der Waals surface area (Å²) in [7, 11) is 0. The molecule has 2 aromatic heterocycles. The van der Waals surface area contributed by atoms with Crippen molar-refractivity contribution in [3.8, 4) is 21.8 Å². The standard InChI is InChI=1S/C12H9N5OS/c13-12-17-16-11(19-12)8-6-9(14-15-10(8)18)7-4-2-1-3-5-7/h1-6H,(H2,13,17)(H,15,18). The highest BCUT2D eigenvalue weighted by molar-refractivity contribution is 7.18. The molecule has 3 aromatic rings.